The van der Waals surface area contributed by atoms with Crippen LogP contribution in [0, 0.1) is 0 Å². The molecule has 37 heavy (non-hydrogen) atoms. The molecule has 4 aromatic rings. The van der Waals surface area contributed by atoms with Gasteiger partial charge in [0.15, 0.2) is 0 Å². The lowest BCUT2D eigenvalue weighted by atomic mass is 10.0. The zero-order chi connectivity index (χ0) is 26.3. The molecule has 1 heterocycles. The summed E-state index contributed by atoms with van der Waals surface area (Å²) in [4.78, 5) is 22.6. The molecule has 0 spiro atoms. The molecular formula is C28H33N7O2. The average Bonchev–Trinajstić information content (AvgIpc) is 3.48. The third kappa shape index (κ3) is 9.65. The first kappa shape index (κ1) is 27.2. The predicted molar refractivity (Wildman–Crippen MR) is 143 cm³/mol. The van der Waals surface area contributed by atoms with Crippen LogP contribution in [0.5, 0.6) is 0 Å². The summed E-state index contributed by atoms with van der Waals surface area (Å²) >= 11 is 0. The number of nitrogens with two attached hydrogens (primary N) is 1. The van der Waals surface area contributed by atoms with E-state index in [4.69, 9.17) is 5.73 Å². The second-order valence-electron chi connectivity index (χ2n) is 8.41. The van der Waals surface area contributed by atoms with Gasteiger partial charge in [-0.15, -0.1) is 10.2 Å². The fourth-order valence-electron chi connectivity index (χ4n) is 3.52. The van der Waals surface area contributed by atoms with Crippen LogP contribution >= 0.6 is 0 Å². The van der Waals surface area contributed by atoms with Crippen molar-refractivity contribution in [3.05, 3.63) is 102 Å². The number of aryl methyl sites for hydroxylation is 1. The highest BCUT2D eigenvalue weighted by Gasteiger charge is 2.14. The molecule has 0 unspecified atom stereocenters. The minimum absolute atomic E-state index is 0.0962. The minimum atomic E-state index is -0.364. The highest BCUT2D eigenvalue weighted by Crippen LogP contribution is 2.14. The number of hydrogen-bond acceptors (Lipinski definition) is 6. The Morgan fingerprint density at radius 2 is 1.49 bits per heavy atom. The number of primary amides is 1. The van der Waals surface area contributed by atoms with Crippen molar-refractivity contribution in [3.63, 3.8) is 0 Å². The summed E-state index contributed by atoms with van der Waals surface area (Å²) in [7, 11) is 0. The number of nitrogens with zero attached hydrogens (tertiary/aromatic N) is 3. The van der Waals surface area contributed by atoms with Gasteiger partial charge in [-0.05, 0) is 34.7 Å². The Labute approximate surface area is 216 Å². The molecule has 0 aliphatic heterocycles. The summed E-state index contributed by atoms with van der Waals surface area (Å²) in [6.45, 7) is 3.04. The van der Waals surface area contributed by atoms with Crippen LogP contribution in [0.3, 0.4) is 0 Å². The van der Waals surface area contributed by atoms with E-state index in [1.54, 1.807) is 0 Å². The number of aromatic nitrogens is 4. The van der Waals surface area contributed by atoms with Gasteiger partial charge in [0.1, 0.15) is 0 Å². The maximum Gasteiger partial charge on any atom is 0.234 e. The van der Waals surface area contributed by atoms with Gasteiger partial charge in [-0.3, -0.25) is 9.59 Å². The number of nitrogens with one attached hydrogen (secondary N) is 3. The van der Waals surface area contributed by atoms with E-state index in [1.165, 1.54) is 5.56 Å². The van der Waals surface area contributed by atoms with Gasteiger partial charge >= 0.3 is 0 Å². The van der Waals surface area contributed by atoms with Crippen molar-refractivity contribution in [1.29, 1.82) is 0 Å². The van der Waals surface area contributed by atoms with Gasteiger partial charge in [-0.25, -0.2) is 0 Å². The molecule has 192 valence electrons. The number of H-pyrrole nitrogens is 1. The molecule has 1 aromatic heterocycles. The molecule has 9 nitrogen and oxygen atoms in total. The highest BCUT2D eigenvalue weighted by molar-refractivity contribution is 5.79. The van der Waals surface area contributed by atoms with Crippen LogP contribution in [-0.4, -0.2) is 38.5 Å². The van der Waals surface area contributed by atoms with Crippen LogP contribution in [0.15, 0.2) is 84.9 Å². The molecule has 0 radical (unpaired) electrons. The summed E-state index contributed by atoms with van der Waals surface area (Å²) in [5, 5.41) is 19.9. The number of carbonyl (C=O) groups excluding carboxylic acids is 2. The number of hydrogen-bond donors (Lipinski definition) is 4. The Morgan fingerprint density at radius 3 is 2.05 bits per heavy atom. The van der Waals surface area contributed by atoms with Gasteiger partial charge in [0.2, 0.25) is 17.6 Å². The Morgan fingerprint density at radius 1 is 0.865 bits per heavy atom. The first-order valence-corrected chi connectivity index (χ1v) is 12.2. The molecule has 1 atom stereocenters. The molecule has 0 aliphatic carbocycles. The number of benzene rings is 3. The Kier molecular flexibility index (Phi) is 11.0. The van der Waals surface area contributed by atoms with Gasteiger partial charge in [0.25, 0.3) is 0 Å². The van der Waals surface area contributed by atoms with Crippen molar-refractivity contribution in [3.8, 4) is 11.4 Å². The van der Waals surface area contributed by atoms with E-state index in [0.29, 0.717) is 31.8 Å². The number of aromatic amines is 1. The van der Waals surface area contributed by atoms with E-state index in [-0.39, 0.29) is 17.9 Å². The van der Waals surface area contributed by atoms with E-state index in [2.05, 4.69) is 43.4 Å². The van der Waals surface area contributed by atoms with Crippen LogP contribution in [0.1, 0.15) is 36.5 Å². The maximum absolute atomic E-state index is 11.7. The topological polar surface area (TPSA) is 139 Å². The molecule has 0 saturated heterocycles. The molecule has 0 aliphatic rings. The summed E-state index contributed by atoms with van der Waals surface area (Å²) in [6, 6.07) is 27.4. The van der Waals surface area contributed by atoms with Gasteiger partial charge in [0.05, 0.1) is 6.04 Å². The van der Waals surface area contributed by atoms with Gasteiger partial charge in [0, 0.05) is 25.1 Å². The van der Waals surface area contributed by atoms with Crippen LogP contribution in [0.25, 0.3) is 11.4 Å². The maximum atomic E-state index is 11.7. The smallest absolute Gasteiger partial charge is 0.234 e. The number of rotatable bonds is 11. The van der Waals surface area contributed by atoms with Gasteiger partial charge in [-0.1, -0.05) is 91.9 Å². The Bertz CT molecular complexity index is 1200. The number of tetrazole rings is 1. The quantitative estimate of drug-likeness (QED) is 0.250. The van der Waals surface area contributed by atoms with Crippen molar-refractivity contribution in [2.75, 3.05) is 0 Å². The van der Waals surface area contributed by atoms with E-state index in [0.717, 1.165) is 23.1 Å². The monoisotopic (exact) mass is 499 g/mol. The molecule has 0 saturated carbocycles. The van der Waals surface area contributed by atoms with E-state index in [1.807, 2.05) is 79.7 Å². The predicted octanol–water partition coefficient (Wildman–Crippen LogP) is 3.16. The standard InChI is InChI=1S/C18H20N6O.C10H13NO/c19-17(25)16(11-8-13-4-2-1-3-5-13)20-12-14-6-9-15(10-7-14)18-21-23-24-22-18;1-2-10(12)11-8-9-6-4-3-5-7-9/h1-7,9-10,16,20H,8,11-12H2,(H2,19,25)(H,21,22,23,24);3-7H,2,8H2,1H3,(H,11,12)/t16-;/m1./s1. The Hall–Kier alpha value is -4.37. The lowest BCUT2D eigenvalue weighted by Gasteiger charge is -2.15. The highest BCUT2D eigenvalue weighted by atomic mass is 16.2. The first-order chi connectivity index (χ1) is 18.0. The normalized spacial score (nSPS) is 11.2. The molecular weight excluding hydrogens is 466 g/mol. The fraction of sp³-hybridized carbons (Fsp3) is 0.250. The minimum Gasteiger partial charge on any atom is -0.368 e. The second kappa shape index (κ2) is 14.9. The van der Waals surface area contributed by atoms with Crippen LogP contribution in [0.2, 0.25) is 0 Å². The van der Waals surface area contributed by atoms with Crippen molar-refractivity contribution >= 4 is 11.8 Å². The largest absolute Gasteiger partial charge is 0.368 e. The summed E-state index contributed by atoms with van der Waals surface area (Å²) in [6.07, 6.45) is 2.02. The molecule has 2 amide bonds. The SMILES string of the molecule is CCC(=O)NCc1ccccc1.NC(=O)[C@@H](CCc1ccccc1)NCc1ccc(-c2nn[nH]n2)cc1. The zero-order valence-corrected chi connectivity index (χ0v) is 20.9. The van der Waals surface area contributed by atoms with E-state index < -0.39 is 0 Å². The van der Waals surface area contributed by atoms with Crippen LogP contribution in [0.4, 0.5) is 0 Å². The van der Waals surface area contributed by atoms with E-state index >= 15 is 0 Å². The number of amides is 2. The third-order valence-electron chi connectivity index (χ3n) is 5.67. The second-order valence-corrected chi connectivity index (χ2v) is 8.41. The van der Waals surface area contributed by atoms with Crippen molar-refractivity contribution < 1.29 is 9.59 Å². The fourth-order valence-corrected chi connectivity index (χ4v) is 3.52. The van der Waals surface area contributed by atoms with Gasteiger partial charge in [-0.2, -0.15) is 5.21 Å². The molecule has 0 bridgehead atoms. The third-order valence-corrected chi connectivity index (χ3v) is 5.67. The summed E-state index contributed by atoms with van der Waals surface area (Å²) in [5.41, 5.74) is 9.79. The van der Waals surface area contributed by atoms with Crippen molar-refractivity contribution in [2.45, 2.75) is 45.3 Å². The lowest BCUT2D eigenvalue weighted by Crippen LogP contribution is -2.41. The first-order valence-electron chi connectivity index (χ1n) is 12.2. The summed E-state index contributed by atoms with van der Waals surface area (Å²) in [5.74, 6) is 0.315. The van der Waals surface area contributed by atoms with Crippen LogP contribution in [-0.2, 0) is 29.1 Å². The van der Waals surface area contributed by atoms with E-state index in [9.17, 15) is 9.59 Å². The van der Waals surface area contributed by atoms with Crippen molar-refractivity contribution in [2.24, 2.45) is 5.73 Å². The lowest BCUT2D eigenvalue weighted by molar-refractivity contribution is -0.121. The molecule has 9 heteroatoms. The summed E-state index contributed by atoms with van der Waals surface area (Å²) < 4.78 is 0. The van der Waals surface area contributed by atoms with Crippen molar-refractivity contribution in [1.82, 2.24) is 31.3 Å². The average molecular weight is 500 g/mol. The zero-order valence-electron chi connectivity index (χ0n) is 20.9. The number of carbonyl (C=O) groups is 2. The van der Waals surface area contributed by atoms with Gasteiger partial charge < -0.3 is 16.4 Å². The molecule has 4 rings (SSSR count). The molecule has 3 aromatic carbocycles. The molecule has 0 fully saturated rings. The van der Waals surface area contributed by atoms with Crippen LogP contribution < -0.4 is 16.4 Å². The Balaban J connectivity index is 0.000000266. The molecule has 5 N–H and O–H groups in total.